The van der Waals surface area contributed by atoms with Crippen LogP contribution in [0.4, 0.5) is 0 Å². The summed E-state index contributed by atoms with van der Waals surface area (Å²) in [4.78, 5) is 19.1. The van der Waals surface area contributed by atoms with Gasteiger partial charge in [-0.15, -0.1) is 6.58 Å². The highest BCUT2D eigenvalue weighted by molar-refractivity contribution is 5.75. The number of nitrogens with zero attached hydrogens (tertiary/aromatic N) is 1. The van der Waals surface area contributed by atoms with E-state index in [2.05, 4.69) is 21.9 Å². The zero-order valence-corrected chi connectivity index (χ0v) is 11.4. The van der Waals surface area contributed by atoms with Gasteiger partial charge < -0.3 is 10.3 Å². The molecule has 104 valence electrons. The standard InChI is InChI=1S/C16H19N3O/c1-2-3-5-10-16(20)18-12-15-17-11-14(19-15)13-8-6-4-7-9-13/h2,4,6-9,11H,1,3,5,10,12H2,(H,17,19)(H,18,20). The molecule has 0 aliphatic carbocycles. The average Bonchev–Trinajstić information content (AvgIpc) is 2.95. The molecule has 0 radical (unpaired) electrons. The van der Waals surface area contributed by atoms with Crippen LogP contribution in [0.25, 0.3) is 11.3 Å². The van der Waals surface area contributed by atoms with E-state index in [1.54, 1.807) is 6.20 Å². The van der Waals surface area contributed by atoms with Crippen molar-refractivity contribution < 1.29 is 4.79 Å². The second kappa shape index (κ2) is 7.28. The third kappa shape index (κ3) is 4.09. The van der Waals surface area contributed by atoms with Gasteiger partial charge in [0.25, 0.3) is 0 Å². The topological polar surface area (TPSA) is 57.8 Å². The van der Waals surface area contributed by atoms with Gasteiger partial charge in [-0.2, -0.15) is 0 Å². The smallest absolute Gasteiger partial charge is 0.220 e. The van der Waals surface area contributed by atoms with Crippen LogP contribution in [0.2, 0.25) is 0 Å². The number of hydrogen-bond donors (Lipinski definition) is 2. The van der Waals surface area contributed by atoms with Gasteiger partial charge in [-0.1, -0.05) is 36.4 Å². The van der Waals surface area contributed by atoms with E-state index in [0.29, 0.717) is 13.0 Å². The fraction of sp³-hybridized carbons (Fsp3) is 0.250. The number of H-pyrrole nitrogens is 1. The maximum Gasteiger partial charge on any atom is 0.220 e. The summed E-state index contributed by atoms with van der Waals surface area (Å²) < 4.78 is 0. The molecule has 0 aliphatic rings. The van der Waals surface area contributed by atoms with E-state index in [-0.39, 0.29) is 5.91 Å². The molecule has 20 heavy (non-hydrogen) atoms. The number of allylic oxidation sites excluding steroid dienone is 1. The molecule has 1 aromatic heterocycles. The number of aromatic amines is 1. The number of imidazole rings is 1. The van der Waals surface area contributed by atoms with Crippen LogP contribution in [-0.4, -0.2) is 15.9 Å². The van der Waals surface area contributed by atoms with Crippen molar-refractivity contribution in [3.8, 4) is 11.3 Å². The Balaban J connectivity index is 1.84. The summed E-state index contributed by atoms with van der Waals surface area (Å²) >= 11 is 0. The van der Waals surface area contributed by atoms with Gasteiger partial charge >= 0.3 is 0 Å². The Kier molecular flexibility index (Phi) is 5.12. The van der Waals surface area contributed by atoms with Crippen molar-refractivity contribution >= 4 is 5.91 Å². The van der Waals surface area contributed by atoms with Crippen molar-refractivity contribution in [3.05, 3.63) is 55.0 Å². The van der Waals surface area contributed by atoms with E-state index in [0.717, 1.165) is 29.9 Å². The molecule has 0 bridgehead atoms. The lowest BCUT2D eigenvalue weighted by molar-refractivity contribution is -0.121. The molecule has 1 aromatic carbocycles. The lowest BCUT2D eigenvalue weighted by Crippen LogP contribution is -2.22. The van der Waals surface area contributed by atoms with Crippen LogP contribution in [0.1, 0.15) is 25.1 Å². The highest BCUT2D eigenvalue weighted by Crippen LogP contribution is 2.15. The maximum atomic E-state index is 11.6. The number of carbonyl (C=O) groups excluding carboxylic acids is 1. The molecule has 1 heterocycles. The molecule has 0 fully saturated rings. The molecule has 4 heteroatoms. The first-order valence-corrected chi connectivity index (χ1v) is 6.76. The van der Waals surface area contributed by atoms with Crippen LogP contribution in [-0.2, 0) is 11.3 Å². The summed E-state index contributed by atoms with van der Waals surface area (Å²) in [7, 11) is 0. The third-order valence-electron chi connectivity index (χ3n) is 2.98. The van der Waals surface area contributed by atoms with Crippen LogP contribution >= 0.6 is 0 Å². The summed E-state index contributed by atoms with van der Waals surface area (Å²) in [5.41, 5.74) is 2.05. The van der Waals surface area contributed by atoms with Crippen molar-refractivity contribution in [2.45, 2.75) is 25.8 Å². The van der Waals surface area contributed by atoms with Crippen molar-refractivity contribution in [1.29, 1.82) is 0 Å². The minimum absolute atomic E-state index is 0.0458. The molecule has 2 aromatic rings. The van der Waals surface area contributed by atoms with Gasteiger partial charge in [-0.05, 0) is 18.4 Å². The fourth-order valence-electron chi connectivity index (χ4n) is 1.89. The second-order valence-electron chi connectivity index (χ2n) is 4.57. The Labute approximate surface area is 118 Å². The largest absolute Gasteiger partial charge is 0.349 e. The van der Waals surface area contributed by atoms with Gasteiger partial charge in [0.2, 0.25) is 5.91 Å². The first-order chi connectivity index (χ1) is 9.79. The number of carbonyl (C=O) groups is 1. The molecule has 0 atom stereocenters. The monoisotopic (exact) mass is 269 g/mol. The molecule has 0 spiro atoms. The summed E-state index contributed by atoms with van der Waals surface area (Å²) in [5, 5.41) is 2.86. The van der Waals surface area contributed by atoms with Gasteiger partial charge in [-0.25, -0.2) is 4.98 Å². The van der Waals surface area contributed by atoms with E-state index in [4.69, 9.17) is 0 Å². The van der Waals surface area contributed by atoms with Crippen molar-refractivity contribution in [1.82, 2.24) is 15.3 Å². The number of amides is 1. The first-order valence-electron chi connectivity index (χ1n) is 6.76. The molecular weight excluding hydrogens is 250 g/mol. The zero-order valence-electron chi connectivity index (χ0n) is 11.4. The van der Waals surface area contributed by atoms with Crippen molar-refractivity contribution in [3.63, 3.8) is 0 Å². The first kappa shape index (κ1) is 14.1. The summed E-state index contributed by atoms with van der Waals surface area (Å²) in [6.45, 7) is 4.07. The van der Waals surface area contributed by atoms with Crippen molar-refractivity contribution in [2.24, 2.45) is 0 Å². The van der Waals surface area contributed by atoms with E-state index >= 15 is 0 Å². The van der Waals surface area contributed by atoms with E-state index in [1.807, 2.05) is 36.4 Å². The number of hydrogen-bond acceptors (Lipinski definition) is 2. The van der Waals surface area contributed by atoms with Gasteiger partial charge in [0.05, 0.1) is 18.4 Å². The summed E-state index contributed by atoms with van der Waals surface area (Å²) in [6, 6.07) is 9.98. The Bertz CT molecular complexity index is 560. The van der Waals surface area contributed by atoms with E-state index in [1.165, 1.54) is 0 Å². The zero-order chi connectivity index (χ0) is 14.2. The molecule has 2 rings (SSSR count). The van der Waals surface area contributed by atoms with Crippen LogP contribution in [0.5, 0.6) is 0 Å². The molecule has 1 amide bonds. The van der Waals surface area contributed by atoms with Crippen LogP contribution in [0.3, 0.4) is 0 Å². The average molecular weight is 269 g/mol. The molecule has 4 nitrogen and oxygen atoms in total. The van der Waals surface area contributed by atoms with Gasteiger partial charge in [0.1, 0.15) is 5.82 Å². The minimum Gasteiger partial charge on any atom is -0.349 e. The maximum absolute atomic E-state index is 11.6. The number of nitrogens with one attached hydrogen (secondary N) is 2. The predicted molar refractivity (Wildman–Crippen MR) is 79.9 cm³/mol. The number of benzene rings is 1. The highest BCUT2D eigenvalue weighted by atomic mass is 16.1. The van der Waals surface area contributed by atoms with E-state index < -0.39 is 0 Å². The quantitative estimate of drug-likeness (QED) is 0.599. The Morgan fingerprint density at radius 2 is 2.15 bits per heavy atom. The SMILES string of the molecule is C=CCCCC(=O)NCc1ncc(-c2ccccc2)[nH]1. The number of unbranched alkanes of at least 4 members (excludes halogenated alkanes) is 1. The van der Waals surface area contributed by atoms with Crippen LogP contribution in [0, 0.1) is 0 Å². The highest BCUT2D eigenvalue weighted by Gasteiger charge is 2.05. The number of aromatic nitrogens is 2. The molecule has 2 N–H and O–H groups in total. The minimum atomic E-state index is 0.0458. The molecule has 0 unspecified atom stereocenters. The second-order valence-corrected chi connectivity index (χ2v) is 4.57. The fourth-order valence-corrected chi connectivity index (χ4v) is 1.89. The molecular formula is C16H19N3O. The number of rotatable bonds is 7. The third-order valence-corrected chi connectivity index (χ3v) is 2.98. The van der Waals surface area contributed by atoms with Gasteiger partial charge in [-0.3, -0.25) is 4.79 Å². The normalized spacial score (nSPS) is 10.2. The van der Waals surface area contributed by atoms with Crippen LogP contribution in [0.15, 0.2) is 49.2 Å². The molecule has 0 saturated heterocycles. The molecule has 0 saturated carbocycles. The Hall–Kier alpha value is -2.36. The van der Waals surface area contributed by atoms with Crippen LogP contribution < -0.4 is 5.32 Å². The summed E-state index contributed by atoms with van der Waals surface area (Å²) in [5.74, 6) is 0.811. The summed E-state index contributed by atoms with van der Waals surface area (Å²) in [6.07, 6.45) is 5.84. The van der Waals surface area contributed by atoms with E-state index in [9.17, 15) is 4.79 Å². The van der Waals surface area contributed by atoms with Crippen molar-refractivity contribution in [2.75, 3.05) is 0 Å². The Morgan fingerprint density at radius 3 is 2.90 bits per heavy atom. The van der Waals surface area contributed by atoms with Gasteiger partial charge in [0.15, 0.2) is 0 Å². The lowest BCUT2D eigenvalue weighted by Gasteiger charge is -2.02. The predicted octanol–water partition coefficient (Wildman–Crippen LogP) is 3.05. The lowest BCUT2D eigenvalue weighted by atomic mass is 10.2. The molecule has 0 aliphatic heterocycles. The Morgan fingerprint density at radius 1 is 1.35 bits per heavy atom. The van der Waals surface area contributed by atoms with Gasteiger partial charge in [0, 0.05) is 6.42 Å².